The van der Waals surface area contributed by atoms with Gasteiger partial charge >= 0.3 is 0 Å². The van der Waals surface area contributed by atoms with E-state index >= 15 is 0 Å². The summed E-state index contributed by atoms with van der Waals surface area (Å²) in [4.78, 5) is 16.7. The fourth-order valence-electron chi connectivity index (χ4n) is 3.15. The Morgan fingerprint density at radius 1 is 1.20 bits per heavy atom. The van der Waals surface area contributed by atoms with Crippen molar-refractivity contribution in [3.05, 3.63) is 47.5 Å². The summed E-state index contributed by atoms with van der Waals surface area (Å²) < 4.78 is 15.7. The molecule has 0 bridgehead atoms. The number of amides is 1. The highest BCUT2D eigenvalue weighted by atomic mass is 19.1. The zero-order valence-electron chi connectivity index (χ0n) is 15.1. The summed E-state index contributed by atoms with van der Waals surface area (Å²) >= 11 is 0. The van der Waals surface area contributed by atoms with Crippen molar-refractivity contribution in [2.45, 2.75) is 33.2 Å². The van der Waals surface area contributed by atoms with Gasteiger partial charge in [-0.1, -0.05) is 26.0 Å². The van der Waals surface area contributed by atoms with E-state index < -0.39 is 0 Å². The van der Waals surface area contributed by atoms with Gasteiger partial charge in [-0.2, -0.15) is 5.10 Å². The quantitative estimate of drug-likeness (QED) is 0.856. The minimum atomic E-state index is -0.215. The van der Waals surface area contributed by atoms with Crippen molar-refractivity contribution in [2.75, 3.05) is 31.1 Å². The summed E-state index contributed by atoms with van der Waals surface area (Å²) in [6, 6.07) is 8.69. The van der Waals surface area contributed by atoms with Gasteiger partial charge in [-0.15, -0.1) is 0 Å². The zero-order valence-corrected chi connectivity index (χ0v) is 15.1. The largest absolute Gasteiger partial charge is 0.366 e. The van der Waals surface area contributed by atoms with E-state index in [1.54, 1.807) is 16.8 Å². The summed E-state index contributed by atoms with van der Waals surface area (Å²) in [5.74, 6) is 0.0830. The average molecular weight is 344 g/mol. The first kappa shape index (κ1) is 17.5. The van der Waals surface area contributed by atoms with E-state index in [2.05, 4.69) is 18.9 Å². The summed E-state index contributed by atoms with van der Waals surface area (Å²) in [7, 11) is 0. The van der Waals surface area contributed by atoms with Crippen LogP contribution < -0.4 is 4.90 Å². The van der Waals surface area contributed by atoms with Crippen LogP contribution in [0.2, 0.25) is 0 Å². The molecule has 1 aliphatic rings. The number of piperazine rings is 1. The van der Waals surface area contributed by atoms with Crippen LogP contribution in [-0.4, -0.2) is 46.8 Å². The highest BCUT2D eigenvalue weighted by Crippen LogP contribution is 2.21. The SMILES string of the molecule is CCn1nc(C(C)C)cc1C(=O)N1CCN(c2ccccc2F)CC1. The van der Waals surface area contributed by atoms with Crippen molar-refractivity contribution >= 4 is 11.6 Å². The molecule has 1 fully saturated rings. The average Bonchev–Trinajstić information content (AvgIpc) is 3.06. The Labute approximate surface area is 148 Å². The second-order valence-electron chi connectivity index (χ2n) is 6.66. The van der Waals surface area contributed by atoms with Crippen LogP contribution >= 0.6 is 0 Å². The lowest BCUT2D eigenvalue weighted by atomic mass is 10.1. The van der Waals surface area contributed by atoms with E-state index in [4.69, 9.17) is 0 Å². The number of carbonyl (C=O) groups is 1. The van der Waals surface area contributed by atoms with Crippen molar-refractivity contribution in [2.24, 2.45) is 0 Å². The maximum absolute atomic E-state index is 13.9. The maximum Gasteiger partial charge on any atom is 0.272 e. The second kappa shape index (κ2) is 7.25. The third-order valence-electron chi connectivity index (χ3n) is 4.67. The Balaban J connectivity index is 1.71. The van der Waals surface area contributed by atoms with Gasteiger partial charge in [0.1, 0.15) is 11.5 Å². The predicted molar refractivity (Wildman–Crippen MR) is 96.5 cm³/mol. The number of hydrogen-bond donors (Lipinski definition) is 0. The standard InChI is InChI=1S/C19H25FN4O/c1-4-24-18(13-16(21-24)14(2)3)19(25)23-11-9-22(10-12-23)17-8-6-5-7-15(17)20/h5-8,13-14H,4,9-12H2,1-3H3. The first-order chi connectivity index (χ1) is 12.0. The molecular formula is C19H25FN4O. The third kappa shape index (κ3) is 3.52. The van der Waals surface area contributed by atoms with E-state index in [1.807, 2.05) is 28.9 Å². The van der Waals surface area contributed by atoms with Crippen molar-refractivity contribution in [1.82, 2.24) is 14.7 Å². The monoisotopic (exact) mass is 344 g/mol. The summed E-state index contributed by atoms with van der Waals surface area (Å²) in [6.07, 6.45) is 0. The number of nitrogens with zero attached hydrogens (tertiary/aromatic N) is 4. The molecule has 0 spiro atoms. The van der Waals surface area contributed by atoms with Gasteiger partial charge < -0.3 is 9.80 Å². The molecule has 25 heavy (non-hydrogen) atoms. The number of anilines is 1. The molecule has 2 aromatic rings. The summed E-state index contributed by atoms with van der Waals surface area (Å²) in [5.41, 5.74) is 2.19. The lowest BCUT2D eigenvalue weighted by molar-refractivity contribution is 0.0734. The van der Waals surface area contributed by atoms with Crippen molar-refractivity contribution < 1.29 is 9.18 Å². The number of hydrogen-bond acceptors (Lipinski definition) is 3. The van der Waals surface area contributed by atoms with Gasteiger partial charge in [0, 0.05) is 32.7 Å². The van der Waals surface area contributed by atoms with Crippen LogP contribution in [0.25, 0.3) is 0 Å². The Bertz CT molecular complexity index is 748. The lowest BCUT2D eigenvalue weighted by Crippen LogP contribution is -2.49. The molecule has 2 heterocycles. The molecule has 0 atom stereocenters. The summed E-state index contributed by atoms with van der Waals surface area (Å²) in [5, 5.41) is 4.53. The Morgan fingerprint density at radius 3 is 2.48 bits per heavy atom. The highest BCUT2D eigenvalue weighted by molar-refractivity contribution is 5.93. The topological polar surface area (TPSA) is 41.4 Å². The molecule has 1 saturated heterocycles. The van der Waals surface area contributed by atoms with Crippen LogP contribution in [0.15, 0.2) is 30.3 Å². The molecule has 6 heteroatoms. The number of aromatic nitrogens is 2. The van der Waals surface area contributed by atoms with Gasteiger partial charge in [0.05, 0.1) is 11.4 Å². The molecule has 0 saturated carbocycles. The molecule has 1 aromatic heterocycles. The molecular weight excluding hydrogens is 319 g/mol. The Hall–Kier alpha value is -2.37. The molecule has 134 valence electrons. The molecule has 1 amide bonds. The number of rotatable bonds is 4. The van der Waals surface area contributed by atoms with Crippen molar-refractivity contribution in [3.63, 3.8) is 0 Å². The van der Waals surface area contributed by atoms with E-state index in [0.717, 1.165) is 5.69 Å². The minimum absolute atomic E-state index is 0.00873. The number of halogens is 1. The maximum atomic E-state index is 13.9. The van der Waals surface area contributed by atoms with Gasteiger partial charge in [0.15, 0.2) is 0 Å². The Morgan fingerprint density at radius 2 is 1.88 bits per heavy atom. The molecule has 3 rings (SSSR count). The first-order valence-corrected chi connectivity index (χ1v) is 8.87. The fraction of sp³-hybridized carbons (Fsp3) is 0.474. The normalized spacial score (nSPS) is 15.1. The van der Waals surface area contributed by atoms with Gasteiger partial charge in [-0.05, 0) is 31.0 Å². The van der Waals surface area contributed by atoms with Crippen molar-refractivity contribution in [3.8, 4) is 0 Å². The number of aryl methyl sites for hydroxylation is 1. The molecule has 1 aromatic carbocycles. The molecule has 0 N–H and O–H groups in total. The Kier molecular flexibility index (Phi) is 5.06. The van der Waals surface area contributed by atoms with E-state index in [1.165, 1.54) is 6.07 Å². The highest BCUT2D eigenvalue weighted by Gasteiger charge is 2.26. The lowest BCUT2D eigenvalue weighted by Gasteiger charge is -2.36. The van der Waals surface area contributed by atoms with Crippen LogP contribution in [-0.2, 0) is 6.54 Å². The summed E-state index contributed by atoms with van der Waals surface area (Å²) in [6.45, 7) is 9.23. The number of benzene rings is 1. The smallest absolute Gasteiger partial charge is 0.272 e. The van der Waals surface area contributed by atoms with Crippen LogP contribution in [0.3, 0.4) is 0 Å². The number of para-hydroxylation sites is 1. The third-order valence-corrected chi connectivity index (χ3v) is 4.67. The minimum Gasteiger partial charge on any atom is -0.366 e. The second-order valence-corrected chi connectivity index (χ2v) is 6.66. The van der Waals surface area contributed by atoms with Crippen LogP contribution in [0.4, 0.5) is 10.1 Å². The molecule has 0 radical (unpaired) electrons. The van der Waals surface area contributed by atoms with Gasteiger partial charge in [0.25, 0.3) is 5.91 Å². The van der Waals surface area contributed by atoms with Gasteiger partial charge in [-0.25, -0.2) is 4.39 Å². The van der Waals surface area contributed by atoms with Crippen LogP contribution in [0, 0.1) is 5.82 Å². The van der Waals surface area contributed by atoms with Crippen molar-refractivity contribution in [1.29, 1.82) is 0 Å². The first-order valence-electron chi connectivity index (χ1n) is 8.87. The fourth-order valence-corrected chi connectivity index (χ4v) is 3.15. The molecule has 0 unspecified atom stereocenters. The molecule has 0 aliphatic carbocycles. The van der Waals surface area contributed by atoms with Gasteiger partial charge in [-0.3, -0.25) is 9.48 Å². The predicted octanol–water partition coefficient (Wildman–Crippen LogP) is 3.13. The van der Waals surface area contributed by atoms with E-state index in [-0.39, 0.29) is 17.6 Å². The van der Waals surface area contributed by atoms with Crippen LogP contribution in [0.5, 0.6) is 0 Å². The van der Waals surface area contributed by atoms with E-state index in [9.17, 15) is 9.18 Å². The van der Waals surface area contributed by atoms with E-state index in [0.29, 0.717) is 44.1 Å². The molecule has 5 nitrogen and oxygen atoms in total. The molecule has 1 aliphatic heterocycles. The van der Waals surface area contributed by atoms with Gasteiger partial charge in [0.2, 0.25) is 0 Å². The zero-order chi connectivity index (χ0) is 18.0. The van der Waals surface area contributed by atoms with Crippen LogP contribution in [0.1, 0.15) is 42.9 Å². The number of carbonyl (C=O) groups excluding carboxylic acids is 1.